The van der Waals surface area contributed by atoms with E-state index >= 15 is 0 Å². The van der Waals surface area contributed by atoms with Gasteiger partial charge in [-0.3, -0.25) is 14.9 Å². The van der Waals surface area contributed by atoms with Crippen LogP contribution in [-0.2, 0) is 18.3 Å². The number of rotatable bonds is 9. The quantitative estimate of drug-likeness (QED) is 0.288. The van der Waals surface area contributed by atoms with Gasteiger partial charge in [0, 0.05) is 24.9 Å². The van der Waals surface area contributed by atoms with Crippen LogP contribution in [-0.4, -0.2) is 31.3 Å². The predicted octanol–water partition coefficient (Wildman–Crippen LogP) is 4.46. The van der Waals surface area contributed by atoms with E-state index in [0.717, 1.165) is 12.2 Å². The number of hydrogen-bond acceptors (Lipinski definition) is 7. The van der Waals surface area contributed by atoms with E-state index in [2.05, 4.69) is 22.4 Å². The zero-order valence-corrected chi connectivity index (χ0v) is 19.2. The highest BCUT2D eigenvalue weighted by molar-refractivity contribution is 7.99. The Labute approximate surface area is 190 Å². The number of ether oxygens (including phenoxy) is 1. The first-order valence-corrected chi connectivity index (χ1v) is 11.1. The molecule has 9 nitrogen and oxygen atoms in total. The summed E-state index contributed by atoms with van der Waals surface area (Å²) in [7, 11) is 1.83. The van der Waals surface area contributed by atoms with Crippen molar-refractivity contribution in [3.63, 3.8) is 0 Å². The summed E-state index contributed by atoms with van der Waals surface area (Å²) >= 11 is 1.25. The minimum Gasteiger partial charge on any atom is -0.483 e. The SMILES string of the molecule is CCc1ccc(OC(C)c2nnc(SCC(=O)Nc3ccc([N+](=O)[O-])cc3C)n2C)cc1. The number of amides is 1. The third-order valence-corrected chi connectivity index (χ3v) is 5.92. The molecule has 3 aromatic rings. The predicted molar refractivity (Wildman–Crippen MR) is 123 cm³/mol. The van der Waals surface area contributed by atoms with Gasteiger partial charge in [0.15, 0.2) is 17.1 Å². The molecule has 168 valence electrons. The van der Waals surface area contributed by atoms with Gasteiger partial charge in [-0.15, -0.1) is 10.2 Å². The zero-order valence-electron chi connectivity index (χ0n) is 18.4. The van der Waals surface area contributed by atoms with E-state index in [4.69, 9.17) is 4.74 Å². The number of aryl methyl sites for hydroxylation is 2. The van der Waals surface area contributed by atoms with Crippen LogP contribution in [0, 0.1) is 17.0 Å². The van der Waals surface area contributed by atoms with Crippen LogP contribution in [0.15, 0.2) is 47.6 Å². The molecule has 32 heavy (non-hydrogen) atoms. The minimum atomic E-state index is -0.467. The topological polar surface area (TPSA) is 112 Å². The van der Waals surface area contributed by atoms with Crippen LogP contribution in [0.25, 0.3) is 0 Å². The molecule has 0 saturated heterocycles. The second-order valence-corrected chi connectivity index (χ2v) is 8.19. The molecule has 1 heterocycles. The number of thioether (sulfide) groups is 1. The lowest BCUT2D eigenvalue weighted by Gasteiger charge is -2.14. The number of hydrogen-bond donors (Lipinski definition) is 1. The van der Waals surface area contributed by atoms with Gasteiger partial charge < -0.3 is 14.6 Å². The molecule has 0 bridgehead atoms. The molecule has 0 fully saturated rings. The number of nitrogens with one attached hydrogen (secondary N) is 1. The number of anilines is 1. The minimum absolute atomic E-state index is 0.0147. The van der Waals surface area contributed by atoms with E-state index in [1.165, 1.54) is 35.5 Å². The van der Waals surface area contributed by atoms with Crippen molar-refractivity contribution in [2.75, 3.05) is 11.1 Å². The molecule has 2 aromatic carbocycles. The van der Waals surface area contributed by atoms with Crippen LogP contribution in [0.5, 0.6) is 5.75 Å². The molecule has 1 aromatic heterocycles. The van der Waals surface area contributed by atoms with E-state index in [-0.39, 0.29) is 23.5 Å². The Bertz CT molecular complexity index is 1110. The molecule has 3 rings (SSSR count). The lowest BCUT2D eigenvalue weighted by Crippen LogP contribution is -2.15. The fraction of sp³-hybridized carbons (Fsp3) is 0.318. The molecule has 1 atom stereocenters. The van der Waals surface area contributed by atoms with E-state index in [1.54, 1.807) is 11.5 Å². The number of carbonyl (C=O) groups excluding carboxylic acids is 1. The Morgan fingerprint density at radius 3 is 2.59 bits per heavy atom. The van der Waals surface area contributed by atoms with Crippen LogP contribution < -0.4 is 10.1 Å². The van der Waals surface area contributed by atoms with Crippen LogP contribution in [0.1, 0.15) is 36.9 Å². The summed E-state index contributed by atoms with van der Waals surface area (Å²) < 4.78 is 7.78. The van der Waals surface area contributed by atoms with Gasteiger partial charge in [0.2, 0.25) is 5.91 Å². The summed E-state index contributed by atoms with van der Waals surface area (Å²) in [6.07, 6.45) is 0.655. The van der Waals surface area contributed by atoms with E-state index in [1.807, 2.05) is 38.2 Å². The maximum atomic E-state index is 12.4. The van der Waals surface area contributed by atoms with Gasteiger partial charge in [0.05, 0.1) is 10.7 Å². The van der Waals surface area contributed by atoms with Crippen molar-refractivity contribution in [3.05, 3.63) is 69.5 Å². The highest BCUT2D eigenvalue weighted by Gasteiger charge is 2.18. The van der Waals surface area contributed by atoms with Crippen LogP contribution in [0.2, 0.25) is 0 Å². The van der Waals surface area contributed by atoms with Crippen molar-refractivity contribution < 1.29 is 14.5 Å². The molecular formula is C22H25N5O4S. The molecule has 1 amide bonds. The number of nitrogens with zero attached hydrogens (tertiary/aromatic N) is 4. The summed E-state index contributed by atoms with van der Waals surface area (Å²) in [5.74, 6) is 1.29. The second kappa shape index (κ2) is 10.3. The highest BCUT2D eigenvalue weighted by Crippen LogP contribution is 2.25. The molecule has 0 spiro atoms. The molecule has 0 aliphatic heterocycles. The normalized spacial score (nSPS) is 11.8. The number of aromatic nitrogens is 3. The Balaban J connectivity index is 1.58. The monoisotopic (exact) mass is 455 g/mol. The summed E-state index contributed by atoms with van der Waals surface area (Å²) in [6, 6.07) is 12.3. The fourth-order valence-corrected chi connectivity index (χ4v) is 3.80. The van der Waals surface area contributed by atoms with Crippen LogP contribution in [0.4, 0.5) is 11.4 Å². The number of benzene rings is 2. The number of nitro groups is 1. The number of non-ortho nitro benzene ring substituents is 1. The average molecular weight is 456 g/mol. The molecule has 1 N–H and O–H groups in total. The van der Waals surface area contributed by atoms with Crippen LogP contribution >= 0.6 is 11.8 Å². The van der Waals surface area contributed by atoms with Gasteiger partial charge in [-0.25, -0.2) is 0 Å². The Hall–Kier alpha value is -3.40. The Kier molecular flexibility index (Phi) is 7.47. The third kappa shape index (κ3) is 5.64. The van der Waals surface area contributed by atoms with Gasteiger partial charge in [0.1, 0.15) is 5.75 Å². The van der Waals surface area contributed by atoms with Gasteiger partial charge in [0.25, 0.3) is 5.69 Å². The Morgan fingerprint density at radius 2 is 1.97 bits per heavy atom. The highest BCUT2D eigenvalue weighted by atomic mass is 32.2. The lowest BCUT2D eigenvalue weighted by atomic mass is 10.2. The van der Waals surface area contributed by atoms with Crippen molar-refractivity contribution in [1.82, 2.24) is 14.8 Å². The Morgan fingerprint density at radius 1 is 1.25 bits per heavy atom. The van der Waals surface area contributed by atoms with Gasteiger partial charge >= 0.3 is 0 Å². The third-order valence-electron chi connectivity index (χ3n) is 4.90. The van der Waals surface area contributed by atoms with Crippen LogP contribution in [0.3, 0.4) is 0 Å². The summed E-state index contributed by atoms with van der Waals surface area (Å²) in [5.41, 5.74) is 2.39. The van der Waals surface area contributed by atoms with E-state index in [9.17, 15) is 14.9 Å². The first-order valence-electron chi connectivity index (χ1n) is 10.1. The summed E-state index contributed by atoms with van der Waals surface area (Å²) in [5, 5.41) is 22.6. The molecule has 0 saturated carbocycles. The van der Waals surface area contributed by atoms with Gasteiger partial charge in [-0.05, 0) is 49.6 Å². The van der Waals surface area contributed by atoms with Gasteiger partial charge in [-0.1, -0.05) is 30.8 Å². The maximum Gasteiger partial charge on any atom is 0.269 e. The van der Waals surface area contributed by atoms with Crippen molar-refractivity contribution in [2.45, 2.75) is 38.5 Å². The van der Waals surface area contributed by atoms with Crippen molar-refractivity contribution in [3.8, 4) is 5.75 Å². The van der Waals surface area contributed by atoms with Crippen molar-refractivity contribution in [1.29, 1.82) is 0 Å². The molecule has 0 aliphatic rings. The maximum absolute atomic E-state index is 12.4. The summed E-state index contributed by atoms with van der Waals surface area (Å²) in [4.78, 5) is 22.7. The van der Waals surface area contributed by atoms with Crippen molar-refractivity contribution in [2.24, 2.45) is 7.05 Å². The molecule has 0 radical (unpaired) electrons. The molecular weight excluding hydrogens is 430 g/mol. The average Bonchev–Trinajstić information content (AvgIpc) is 3.14. The lowest BCUT2D eigenvalue weighted by molar-refractivity contribution is -0.384. The first-order chi connectivity index (χ1) is 15.3. The van der Waals surface area contributed by atoms with Gasteiger partial charge in [-0.2, -0.15) is 0 Å². The molecule has 0 aliphatic carbocycles. The number of nitro benzene ring substituents is 1. The van der Waals surface area contributed by atoms with E-state index < -0.39 is 4.92 Å². The smallest absolute Gasteiger partial charge is 0.269 e. The molecule has 1 unspecified atom stereocenters. The number of carbonyl (C=O) groups is 1. The fourth-order valence-electron chi connectivity index (χ4n) is 3.08. The standard InChI is InChI=1S/C22H25N5O4S/c1-5-16-6-9-18(10-7-16)31-15(3)21-24-25-22(26(21)4)32-13-20(28)23-19-11-8-17(27(29)30)12-14(19)2/h6-12,15H,5,13H2,1-4H3,(H,23,28). The molecule has 10 heteroatoms. The zero-order chi connectivity index (χ0) is 23.3. The van der Waals surface area contributed by atoms with Crippen molar-refractivity contribution >= 4 is 29.0 Å². The largest absolute Gasteiger partial charge is 0.483 e. The second-order valence-electron chi connectivity index (χ2n) is 7.25. The summed E-state index contributed by atoms with van der Waals surface area (Å²) in [6.45, 7) is 5.71. The van der Waals surface area contributed by atoms with E-state index in [0.29, 0.717) is 22.2 Å². The first kappa shape index (κ1) is 23.3.